The number of nitrogens with one attached hydrogen (secondary N) is 1. The van der Waals surface area contributed by atoms with Crippen molar-refractivity contribution in [3.63, 3.8) is 0 Å². The Labute approximate surface area is 171 Å². The fraction of sp³-hybridized carbons (Fsp3) is 0.429. The van der Waals surface area contributed by atoms with Gasteiger partial charge in [0, 0.05) is 19.6 Å². The highest BCUT2D eigenvalue weighted by Crippen LogP contribution is 2.39. The molecule has 1 aromatic heterocycles. The summed E-state index contributed by atoms with van der Waals surface area (Å²) >= 11 is 0. The first-order valence-corrected chi connectivity index (χ1v) is 9.79. The van der Waals surface area contributed by atoms with E-state index in [1.54, 1.807) is 11.0 Å². The fourth-order valence-corrected chi connectivity index (χ4v) is 4.12. The number of furan rings is 1. The van der Waals surface area contributed by atoms with E-state index in [4.69, 9.17) is 9.15 Å². The van der Waals surface area contributed by atoms with Crippen molar-refractivity contribution in [1.29, 1.82) is 0 Å². The molecule has 2 amide bonds. The molecule has 30 heavy (non-hydrogen) atoms. The second-order valence-corrected chi connectivity index (χ2v) is 7.69. The van der Waals surface area contributed by atoms with Gasteiger partial charge in [-0.2, -0.15) is 0 Å². The third-order valence-corrected chi connectivity index (χ3v) is 5.83. The number of halogens is 3. The molecular formula is C21H21F3N2O4. The minimum Gasteiger partial charge on any atom is -0.472 e. The summed E-state index contributed by atoms with van der Waals surface area (Å²) in [5, 5.41) is 2.43. The maximum absolute atomic E-state index is 13.8. The molecule has 2 aromatic rings. The van der Waals surface area contributed by atoms with Gasteiger partial charge in [0.05, 0.1) is 23.5 Å². The van der Waals surface area contributed by atoms with Crippen LogP contribution in [-0.4, -0.2) is 48.1 Å². The normalized spacial score (nSPS) is 20.5. The highest BCUT2D eigenvalue weighted by Gasteiger charge is 2.43. The number of ether oxygens (including phenoxy) is 1. The Morgan fingerprint density at radius 3 is 2.53 bits per heavy atom. The maximum Gasteiger partial charge on any atom is 0.257 e. The first kappa shape index (κ1) is 20.5. The summed E-state index contributed by atoms with van der Waals surface area (Å²) in [6.07, 6.45) is 5.32. The van der Waals surface area contributed by atoms with Crippen molar-refractivity contribution >= 4 is 11.8 Å². The van der Waals surface area contributed by atoms with Crippen molar-refractivity contribution in [2.24, 2.45) is 0 Å². The van der Waals surface area contributed by atoms with Crippen molar-refractivity contribution in [3.8, 4) is 0 Å². The van der Waals surface area contributed by atoms with Crippen LogP contribution in [0.3, 0.4) is 0 Å². The van der Waals surface area contributed by atoms with Crippen LogP contribution in [0.4, 0.5) is 13.2 Å². The lowest BCUT2D eigenvalue weighted by molar-refractivity contribution is -0.0712. The van der Waals surface area contributed by atoms with Crippen molar-refractivity contribution < 1.29 is 31.9 Å². The number of nitrogens with zero attached hydrogens (tertiary/aromatic N) is 1. The zero-order valence-corrected chi connectivity index (χ0v) is 16.1. The summed E-state index contributed by atoms with van der Waals surface area (Å²) in [7, 11) is 0. The predicted molar refractivity (Wildman–Crippen MR) is 99.3 cm³/mol. The molecule has 1 spiro atoms. The van der Waals surface area contributed by atoms with Gasteiger partial charge in [-0.3, -0.25) is 9.59 Å². The van der Waals surface area contributed by atoms with Crippen LogP contribution < -0.4 is 5.32 Å². The third kappa shape index (κ3) is 3.94. The van der Waals surface area contributed by atoms with Gasteiger partial charge < -0.3 is 19.4 Å². The summed E-state index contributed by atoms with van der Waals surface area (Å²) in [4.78, 5) is 26.3. The molecule has 0 radical (unpaired) electrons. The first-order valence-electron chi connectivity index (χ1n) is 9.79. The molecule has 1 atom stereocenters. The number of rotatable bonds is 4. The molecule has 3 heterocycles. The number of amides is 2. The van der Waals surface area contributed by atoms with Crippen LogP contribution in [0.25, 0.3) is 0 Å². The van der Waals surface area contributed by atoms with E-state index in [2.05, 4.69) is 5.32 Å². The average molecular weight is 422 g/mol. The van der Waals surface area contributed by atoms with Crippen LogP contribution in [0.1, 0.15) is 46.4 Å². The monoisotopic (exact) mass is 422 g/mol. The van der Waals surface area contributed by atoms with Crippen molar-refractivity contribution in [3.05, 3.63) is 59.3 Å². The Hall–Kier alpha value is -2.81. The van der Waals surface area contributed by atoms with Crippen molar-refractivity contribution in [1.82, 2.24) is 10.2 Å². The predicted octanol–water partition coefficient (Wildman–Crippen LogP) is 3.28. The van der Waals surface area contributed by atoms with E-state index < -0.39 is 28.9 Å². The van der Waals surface area contributed by atoms with Gasteiger partial charge in [0.2, 0.25) is 0 Å². The molecule has 9 heteroatoms. The molecule has 2 fully saturated rings. The second-order valence-electron chi connectivity index (χ2n) is 7.69. The van der Waals surface area contributed by atoms with Gasteiger partial charge in [0.25, 0.3) is 11.8 Å². The number of likely N-dealkylation sites (tertiary alicyclic amines) is 1. The summed E-state index contributed by atoms with van der Waals surface area (Å²) in [5.74, 6) is -5.01. The van der Waals surface area contributed by atoms with E-state index in [0.29, 0.717) is 50.0 Å². The topological polar surface area (TPSA) is 71.8 Å². The molecule has 0 aliphatic carbocycles. The summed E-state index contributed by atoms with van der Waals surface area (Å²) < 4.78 is 51.9. The Bertz CT molecular complexity index is 940. The summed E-state index contributed by atoms with van der Waals surface area (Å²) in [6.45, 7) is 1.15. The third-order valence-electron chi connectivity index (χ3n) is 5.83. The van der Waals surface area contributed by atoms with Crippen LogP contribution in [-0.2, 0) is 4.74 Å². The van der Waals surface area contributed by atoms with Crippen LogP contribution in [0, 0.1) is 17.5 Å². The van der Waals surface area contributed by atoms with Crippen LogP contribution in [0.5, 0.6) is 0 Å². The van der Waals surface area contributed by atoms with E-state index in [-0.39, 0.29) is 24.2 Å². The van der Waals surface area contributed by atoms with Crippen LogP contribution >= 0.6 is 0 Å². The molecule has 4 rings (SSSR count). The first-order chi connectivity index (χ1) is 14.4. The Kier molecular flexibility index (Phi) is 5.55. The molecule has 2 aliphatic rings. The SMILES string of the molecule is O=C(NC[C@H]1CCC2(CCN(C(=O)c3ccoc3)CC2)O1)c1c(F)ccc(F)c1F. The van der Waals surface area contributed by atoms with Gasteiger partial charge in [-0.1, -0.05) is 0 Å². The lowest BCUT2D eigenvalue weighted by Crippen LogP contribution is -2.47. The largest absolute Gasteiger partial charge is 0.472 e. The van der Waals surface area contributed by atoms with E-state index in [0.717, 1.165) is 6.42 Å². The molecule has 0 bridgehead atoms. The minimum absolute atomic E-state index is 0.0631. The molecule has 1 N–H and O–H groups in total. The number of carbonyl (C=O) groups excluding carboxylic acids is 2. The number of benzene rings is 1. The second kappa shape index (κ2) is 8.14. The standard InChI is InChI=1S/C21H21F3N2O4/c22-15-1-2-16(23)18(24)17(15)19(27)25-11-14-3-5-21(30-14)6-8-26(9-7-21)20(28)13-4-10-29-12-13/h1-2,4,10,12,14H,3,5-9,11H2,(H,25,27)/t14-/m1/s1. The van der Waals surface area contributed by atoms with Crippen LogP contribution in [0.15, 0.2) is 35.1 Å². The van der Waals surface area contributed by atoms with Crippen molar-refractivity contribution in [2.45, 2.75) is 37.4 Å². The maximum atomic E-state index is 13.8. The van der Waals surface area contributed by atoms with Gasteiger partial charge in [0.1, 0.15) is 17.6 Å². The Morgan fingerprint density at radius 1 is 1.10 bits per heavy atom. The molecule has 2 aliphatic heterocycles. The van der Waals surface area contributed by atoms with Crippen molar-refractivity contribution in [2.75, 3.05) is 19.6 Å². The van der Waals surface area contributed by atoms with E-state index in [1.807, 2.05) is 0 Å². The Morgan fingerprint density at radius 2 is 1.83 bits per heavy atom. The molecule has 1 aromatic carbocycles. The van der Waals surface area contributed by atoms with Crippen LogP contribution in [0.2, 0.25) is 0 Å². The zero-order chi connectivity index (χ0) is 21.3. The van der Waals surface area contributed by atoms with Gasteiger partial charge in [-0.25, -0.2) is 13.2 Å². The minimum atomic E-state index is -1.51. The quantitative estimate of drug-likeness (QED) is 0.768. The van der Waals surface area contributed by atoms with Gasteiger partial charge in [-0.15, -0.1) is 0 Å². The molecule has 160 valence electrons. The number of hydrogen-bond acceptors (Lipinski definition) is 4. The number of hydrogen-bond donors (Lipinski definition) is 1. The zero-order valence-electron chi connectivity index (χ0n) is 16.1. The van der Waals surface area contributed by atoms with Gasteiger partial charge in [0.15, 0.2) is 11.6 Å². The van der Waals surface area contributed by atoms with E-state index in [9.17, 15) is 22.8 Å². The molecule has 2 saturated heterocycles. The number of carbonyl (C=O) groups is 2. The lowest BCUT2D eigenvalue weighted by atomic mass is 9.88. The molecule has 0 saturated carbocycles. The fourth-order valence-electron chi connectivity index (χ4n) is 4.12. The molecule has 6 nitrogen and oxygen atoms in total. The van der Waals surface area contributed by atoms with E-state index >= 15 is 0 Å². The highest BCUT2D eigenvalue weighted by atomic mass is 19.2. The molecule has 0 unspecified atom stereocenters. The van der Waals surface area contributed by atoms with E-state index in [1.165, 1.54) is 12.5 Å². The Balaban J connectivity index is 1.30. The molecular weight excluding hydrogens is 401 g/mol. The summed E-state index contributed by atoms with van der Waals surface area (Å²) in [6, 6.07) is 2.98. The average Bonchev–Trinajstić information content (AvgIpc) is 3.40. The van der Waals surface area contributed by atoms with Gasteiger partial charge >= 0.3 is 0 Å². The highest BCUT2D eigenvalue weighted by molar-refractivity contribution is 5.95. The van der Waals surface area contributed by atoms with Gasteiger partial charge in [-0.05, 0) is 43.9 Å². The smallest absolute Gasteiger partial charge is 0.257 e. The lowest BCUT2D eigenvalue weighted by Gasteiger charge is -2.39. The number of piperidine rings is 1. The summed E-state index contributed by atoms with van der Waals surface area (Å²) in [5.41, 5.74) is -0.803.